The van der Waals surface area contributed by atoms with E-state index in [1.807, 2.05) is 0 Å². The van der Waals surface area contributed by atoms with Crippen LogP contribution < -0.4 is 0 Å². The van der Waals surface area contributed by atoms with Crippen molar-refractivity contribution < 1.29 is 19.1 Å². The van der Waals surface area contributed by atoms with Crippen LogP contribution in [0.4, 0.5) is 0 Å². The second kappa shape index (κ2) is 5.97. The van der Waals surface area contributed by atoms with Crippen LogP contribution >= 0.6 is 0 Å². The summed E-state index contributed by atoms with van der Waals surface area (Å²) >= 11 is 0. The number of rotatable bonds is 4. The normalized spacial score (nSPS) is 15.7. The van der Waals surface area contributed by atoms with Gasteiger partial charge in [0.25, 0.3) is 5.91 Å². The molecule has 5 nitrogen and oxygen atoms in total. The molecule has 0 radical (unpaired) electrons. The highest BCUT2D eigenvalue weighted by Crippen LogP contribution is 2.08. The van der Waals surface area contributed by atoms with E-state index in [0.717, 1.165) is 5.06 Å². The van der Waals surface area contributed by atoms with E-state index >= 15 is 0 Å². The first-order valence-corrected chi connectivity index (χ1v) is 4.77. The fraction of sp³-hybridized carbons (Fsp3) is 0.364. The van der Waals surface area contributed by atoms with Crippen molar-refractivity contribution in [2.75, 3.05) is 21.0 Å². The Bertz CT molecular complexity index is 344. The molecule has 0 aromatic rings. The van der Waals surface area contributed by atoms with Crippen LogP contribution in [0.1, 0.15) is 6.92 Å². The van der Waals surface area contributed by atoms with Gasteiger partial charge in [-0.15, -0.1) is 0 Å². The lowest BCUT2D eigenvalue weighted by Gasteiger charge is -2.13. The number of carbonyl (C=O) groups excluding carboxylic acids is 1. The standard InChI is InChI=1S/C11H15NO4/c1-9(11(13)12(2)14-3)5-4-6-10-7-15-8-16-10/h4-7H,8H2,1-3H3/b6-4-,9-5+. The zero-order valence-electron chi connectivity index (χ0n) is 9.60. The lowest BCUT2D eigenvalue weighted by molar-refractivity contribution is -0.163. The quantitative estimate of drug-likeness (QED) is 0.411. The highest BCUT2D eigenvalue weighted by Gasteiger charge is 2.08. The van der Waals surface area contributed by atoms with E-state index in [4.69, 9.17) is 14.3 Å². The SMILES string of the molecule is CON(C)C(=O)/C(C)=C/C=C\C1=COCO1. The molecule has 0 saturated heterocycles. The van der Waals surface area contributed by atoms with E-state index in [0.29, 0.717) is 11.3 Å². The molecular weight excluding hydrogens is 210 g/mol. The molecule has 1 heterocycles. The van der Waals surface area contributed by atoms with Crippen molar-refractivity contribution in [2.24, 2.45) is 0 Å². The predicted octanol–water partition coefficient (Wildman–Crippen LogP) is 1.35. The smallest absolute Gasteiger partial charge is 0.272 e. The number of ether oxygens (including phenoxy) is 2. The zero-order valence-corrected chi connectivity index (χ0v) is 9.60. The third-order valence-corrected chi connectivity index (χ3v) is 2.00. The third kappa shape index (κ3) is 3.43. The van der Waals surface area contributed by atoms with Crippen LogP contribution in [0.3, 0.4) is 0 Å². The maximum Gasteiger partial charge on any atom is 0.272 e. The fourth-order valence-corrected chi connectivity index (χ4v) is 1.03. The van der Waals surface area contributed by atoms with E-state index in [1.54, 1.807) is 32.2 Å². The number of hydroxylamine groups is 2. The van der Waals surface area contributed by atoms with Gasteiger partial charge in [-0.2, -0.15) is 0 Å². The van der Waals surface area contributed by atoms with Crippen LogP contribution in [0.15, 0.2) is 35.8 Å². The Morgan fingerprint density at radius 2 is 2.38 bits per heavy atom. The summed E-state index contributed by atoms with van der Waals surface area (Å²) in [6.45, 7) is 1.95. The molecule has 0 saturated carbocycles. The summed E-state index contributed by atoms with van der Waals surface area (Å²) in [5.41, 5.74) is 0.570. The highest BCUT2D eigenvalue weighted by atomic mass is 16.7. The average Bonchev–Trinajstić information content (AvgIpc) is 2.79. The average molecular weight is 225 g/mol. The molecule has 88 valence electrons. The molecule has 0 fully saturated rings. The molecule has 1 aliphatic rings. The van der Waals surface area contributed by atoms with E-state index in [9.17, 15) is 4.79 Å². The van der Waals surface area contributed by atoms with Crippen molar-refractivity contribution in [1.29, 1.82) is 0 Å². The molecule has 0 unspecified atom stereocenters. The van der Waals surface area contributed by atoms with Gasteiger partial charge in [0.1, 0.15) is 6.26 Å². The molecule has 1 aliphatic heterocycles. The monoisotopic (exact) mass is 225 g/mol. The second-order valence-electron chi connectivity index (χ2n) is 3.14. The molecule has 0 aromatic heterocycles. The molecule has 0 bridgehead atoms. The first kappa shape index (κ1) is 12.3. The minimum Gasteiger partial charge on any atom is -0.461 e. The Kier molecular flexibility index (Phi) is 4.60. The minimum absolute atomic E-state index is 0.190. The molecule has 0 spiro atoms. The number of hydrogen-bond donors (Lipinski definition) is 0. The predicted molar refractivity (Wildman–Crippen MR) is 57.8 cm³/mol. The summed E-state index contributed by atoms with van der Waals surface area (Å²) in [4.78, 5) is 16.3. The Balaban J connectivity index is 2.53. The summed E-state index contributed by atoms with van der Waals surface area (Å²) in [6, 6.07) is 0. The van der Waals surface area contributed by atoms with Crippen molar-refractivity contribution in [3.63, 3.8) is 0 Å². The summed E-state index contributed by atoms with van der Waals surface area (Å²) < 4.78 is 9.93. The molecule has 0 aromatic carbocycles. The Morgan fingerprint density at radius 3 is 2.94 bits per heavy atom. The molecule has 0 N–H and O–H groups in total. The van der Waals surface area contributed by atoms with Crippen LogP contribution in [0, 0.1) is 0 Å². The highest BCUT2D eigenvalue weighted by molar-refractivity contribution is 5.92. The van der Waals surface area contributed by atoms with Gasteiger partial charge in [-0.1, -0.05) is 12.2 Å². The van der Waals surface area contributed by atoms with E-state index in [1.165, 1.54) is 13.4 Å². The van der Waals surface area contributed by atoms with Gasteiger partial charge in [0, 0.05) is 12.6 Å². The van der Waals surface area contributed by atoms with Gasteiger partial charge in [-0.3, -0.25) is 9.63 Å². The van der Waals surface area contributed by atoms with Crippen molar-refractivity contribution in [3.05, 3.63) is 35.8 Å². The fourth-order valence-electron chi connectivity index (χ4n) is 1.03. The van der Waals surface area contributed by atoms with Gasteiger partial charge in [0.15, 0.2) is 5.76 Å². The maximum absolute atomic E-state index is 11.5. The van der Waals surface area contributed by atoms with Crippen LogP contribution in [0.5, 0.6) is 0 Å². The maximum atomic E-state index is 11.5. The summed E-state index contributed by atoms with van der Waals surface area (Å²) in [5.74, 6) is 0.446. The Labute approximate surface area is 94.5 Å². The number of hydrogen-bond acceptors (Lipinski definition) is 4. The number of nitrogens with zero attached hydrogens (tertiary/aromatic N) is 1. The molecule has 0 atom stereocenters. The summed E-state index contributed by atoms with van der Waals surface area (Å²) in [7, 11) is 3.00. The van der Waals surface area contributed by atoms with E-state index < -0.39 is 0 Å². The van der Waals surface area contributed by atoms with Gasteiger partial charge < -0.3 is 9.47 Å². The van der Waals surface area contributed by atoms with E-state index in [2.05, 4.69) is 0 Å². The number of allylic oxidation sites excluding steroid dienone is 3. The molecule has 5 heteroatoms. The van der Waals surface area contributed by atoms with Gasteiger partial charge in [-0.05, 0) is 13.0 Å². The van der Waals surface area contributed by atoms with Crippen LogP contribution in [0.2, 0.25) is 0 Å². The minimum atomic E-state index is -0.190. The molecular formula is C11H15NO4. The zero-order chi connectivity index (χ0) is 12.0. The lowest BCUT2D eigenvalue weighted by atomic mass is 10.2. The first-order valence-electron chi connectivity index (χ1n) is 4.77. The molecule has 16 heavy (non-hydrogen) atoms. The Morgan fingerprint density at radius 1 is 1.62 bits per heavy atom. The second-order valence-corrected chi connectivity index (χ2v) is 3.14. The van der Waals surface area contributed by atoms with Crippen molar-refractivity contribution in [3.8, 4) is 0 Å². The van der Waals surface area contributed by atoms with Gasteiger partial charge in [0.2, 0.25) is 6.79 Å². The molecule has 1 amide bonds. The largest absolute Gasteiger partial charge is 0.461 e. The van der Waals surface area contributed by atoms with E-state index in [-0.39, 0.29) is 12.7 Å². The first-order chi connectivity index (χ1) is 7.65. The Hall–Kier alpha value is -1.75. The van der Waals surface area contributed by atoms with Crippen molar-refractivity contribution >= 4 is 5.91 Å². The summed E-state index contributed by atoms with van der Waals surface area (Å²) in [5, 5.41) is 1.16. The molecule has 0 aliphatic carbocycles. The van der Waals surface area contributed by atoms with Crippen LogP contribution in [0.25, 0.3) is 0 Å². The van der Waals surface area contributed by atoms with Gasteiger partial charge >= 0.3 is 0 Å². The van der Waals surface area contributed by atoms with Gasteiger partial charge in [0.05, 0.1) is 7.11 Å². The summed E-state index contributed by atoms with van der Waals surface area (Å²) in [6.07, 6.45) is 6.64. The van der Waals surface area contributed by atoms with Crippen LogP contribution in [-0.2, 0) is 19.1 Å². The third-order valence-electron chi connectivity index (χ3n) is 2.00. The van der Waals surface area contributed by atoms with Gasteiger partial charge in [-0.25, -0.2) is 5.06 Å². The van der Waals surface area contributed by atoms with Crippen molar-refractivity contribution in [1.82, 2.24) is 5.06 Å². The molecule has 1 rings (SSSR count). The number of likely N-dealkylation sites (N-methyl/N-ethyl adjacent to an activating group) is 1. The lowest BCUT2D eigenvalue weighted by Crippen LogP contribution is -2.25. The van der Waals surface area contributed by atoms with Crippen molar-refractivity contribution in [2.45, 2.75) is 6.92 Å². The topological polar surface area (TPSA) is 48.0 Å². The number of carbonyl (C=O) groups is 1. The number of amides is 1. The van der Waals surface area contributed by atoms with Crippen LogP contribution in [-0.4, -0.2) is 31.9 Å².